The molecule has 29 heavy (non-hydrogen) atoms. The van der Waals surface area contributed by atoms with Crippen molar-refractivity contribution in [1.29, 1.82) is 0 Å². The van der Waals surface area contributed by atoms with Crippen LogP contribution in [0.1, 0.15) is 46.4 Å². The van der Waals surface area contributed by atoms with Gasteiger partial charge in [-0.05, 0) is 35.8 Å². The van der Waals surface area contributed by atoms with E-state index in [9.17, 15) is 24.0 Å². The van der Waals surface area contributed by atoms with Gasteiger partial charge in [-0.3, -0.25) is 34.2 Å². The minimum atomic E-state index is -1.05. The highest BCUT2D eigenvalue weighted by Gasteiger charge is 2.45. The van der Waals surface area contributed by atoms with Crippen molar-refractivity contribution in [2.45, 2.75) is 31.7 Å². The van der Waals surface area contributed by atoms with Crippen molar-refractivity contribution in [2.24, 2.45) is 0 Å². The van der Waals surface area contributed by atoms with Crippen LogP contribution in [0.4, 0.5) is 5.69 Å². The number of alkyl halides is 1. The molecule has 2 N–H and O–H groups in total. The Balaban J connectivity index is 1.72. The van der Waals surface area contributed by atoms with Crippen LogP contribution in [0.3, 0.4) is 0 Å². The predicted molar refractivity (Wildman–Crippen MR) is 111 cm³/mol. The van der Waals surface area contributed by atoms with Crippen LogP contribution in [0, 0.1) is 0 Å². The number of piperidine rings is 1. The third-order valence-electron chi connectivity index (χ3n) is 4.65. The lowest BCUT2D eigenvalue weighted by molar-refractivity contribution is -0.136. The summed E-state index contributed by atoms with van der Waals surface area (Å²) in [6, 6.07) is 3.49. The van der Waals surface area contributed by atoms with Gasteiger partial charge in [0, 0.05) is 13.0 Å². The SMILES string of the molecule is O=C1CCC(N2C(=O)c3cccc(NC(=O)COCCCCI)c3C2=O)C(=O)N1. The lowest BCUT2D eigenvalue weighted by Gasteiger charge is -2.27. The van der Waals surface area contributed by atoms with Crippen LogP contribution in [-0.2, 0) is 19.1 Å². The summed E-state index contributed by atoms with van der Waals surface area (Å²) in [6.45, 7) is 0.300. The van der Waals surface area contributed by atoms with Crippen LogP contribution in [0.15, 0.2) is 18.2 Å². The number of hydrogen-bond donors (Lipinski definition) is 2. The lowest BCUT2D eigenvalue weighted by atomic mass is 10.0. The van der Waals surface area contributed by atoms with Gasteiger partial charge in [0.25, 0.3) is 11.8 Å². The van der Waals surface area contributed by atoms with Gasteiger partial charge in [-0.1, -0.05) is 28.7 Å². The summed E-state index contributed by atoms with van der Waals surface area (Å²) in [4.78, 5) is 62.2. The fourth-order valence-corrected chi connectivity index (χ4v) is 3.81. The lowest BCUT2D eigenvalue weighted by Crippen LogP contribution is -2.54. The maximum atomic E-state index is 12.9. The second kappa shape index (κ2) is 9.44. The van der Waals surface area contributed by atoms with Gasteiger partial charge in [-0.25, -0.2) is 0 Å². The van der Waals surface area contributed by atoms with E-state index in [4.69, 9.17) is 4.74 Å². The number of nitrogens with zero attached hydrogens (tertiary/aromatic N) is 1. The number of benzene rings is 1. The zero-order valence-corrected chi connectivity index (χ0v) is 17.7. The molecule has 0 spiro atoms. The minimum Gasteiger partial charge on any atom is -0.372 e. The fraction of sp³-hybridized carbons (Fsp3) is 0.421. The Bertz CT molecular complexity index is 872. The molecule has 10 heteroatoms. The first-order valence-corrected chi connectivity index (χ1v) is 10.7. The van der Waals surface area contributed by atoms with Gasteiger partial charge in [0.2, 0.25) is 17.7 Å². The average molecular weight is 513 g/mol. The zero-order valence-electron chi connectivity index (χ0n) is 15.5. The number of rotatable bonds is 8. The van der Waals surface area contributed by atoms with Crippen molar-refractivity contribution in [3.63, 3.8) is 0 Å². The summed E-state index contributed by atoms with van der Waals surface area (Å²) in [5.74, 6) is -2.84. The number of ether oxygens (including phenoxy) is 1. The first kappa shape index (κ1) is 21.4. The van der Waals surface area contributed by atoms with Gasteiger partial charge in [0.05, 0.1) is 16.8 Å². The Hall–Kier alpha value is -2.34. The standard InChI is InChI=1S/C19H20IN3O6/c20-8-1-2-9-29-10-15(25)21-12-5-3-4-11-16(12)19(28)23(18(11)27)13-6-7-14(24)22-17(13)26/h3-5,13H,1-2,6-10H2,(H,21,25)(H,22,24,26). The van der Waals surface area contributed by atoms with Crippen molar-refractivity contribution in [3.8, 4) is 0 Å². The Morgan fingerprint density at radius 1 is 1.21 bits per heavy atom. The highest BCUT2D eigenvalue weighted by molar-refractivity contribution is 14.1. The van der Waals surface area contributed by atoms with Crippen molar-refractivity contribution >= 4 is 57.8 Å². The van der Waals surface area contributed by atoms with Crippen molar-refractivity contribution in [3.05, 3.63) is 29.3 Å². The maximum absolute atomic E-state index is 12.9. The highest BCUT2D eigenvalue weighted by atomic mass is 127. The van der Waals surface area contributed by atoms with Crippen molar-refractivity contribution in [1.82, 2.24) is 10.2 Å². The van der Waals surface area contributed by atoms with Gasteiger partial charge >= 0.3 is 0 Å². The largest absolute Gasteiger partial charge is 0.372 e. The first-order chi connectivity index (χ1) is 13.9. The summed E-state index contributed by atoms with van der Waals surface area (Å²) in [5, 5.41) is 4.75. The molecule has 1 atom stereocenters. The Morgan fingerprint density at radius 3 is 2.72 bits per heavy atom. The van der Waals surface area contributed by atoms with Crippen LogP contribution < -0.4 is 10.6 Å². The topological polar surface area (TPSA) is 122 Å². The number of carbonyl (C=O) groups is 5. The first-order valence-electron chi connectivity index (χ1n) is 9.22. The summed E-state index contributed by atoms with van der Waals surface area (Å²) < 4.78 is 6.33. The van der Waals surface area contributed by atoms with E-state index in [1.807, 2.05) is 0 Å². The molecule has 1 fully saturated rings. The quantitative estimate of drug-likeness (QED) is 0.234. The predicted octanol–water partition coefficient (Wildman–Crippen LogP) is 1.26. The van der Waals surface area contributed by atoms with E-state index in [0.717, 1.165) is 22.2 Å². The van der Waals surface area contributed by atoms with Gasteiger partial charge < -0.3 is 10.1 Å². The molecule has 1 aromatic carbocycles. The monoisotopic (exact) mass is 513 g/mol. The Morgan fingerprint density at radius 2 is 2.00 bits per heavy atom. The van der Waals surface area contributed by atoms with E-state index in [1.165, 1.54) is 12.1 Å². The van der Waals surface area contributed by atoms with Gasteiger partial charge in [-0.2, -0.15) is 0 Å². The molecule has 5 amide bonds. The summed E-state index contributed by atoms with van der Waals surface area (Å²) in [6.07, 6.45) is 1.97. The number of imide groups is 2. The number of nitrogens with one attached hydrogen (secondary N) is 2. The van der Waals surface area contributed by atoms with Crippen LogP contribution in [0.2, 0.25) is 0 Å². The van der Waals surface area contributed by atoms with Gasteiger partial charge in [-0.15, -0.1) is 0 Å². The van der Waals surface area contributed by atoms with Crippen LogP contribution in [0.25, 0.3) is 0 Å². The van der Waals surface area contributed by atoms with E-state index in [2.05, 4.69) is 33.2 Å². The molecule has 3 rings (SSSR count). The van der Waals surface area contributed by atoms with Crippen LogP contribution in [0.5, 0.6) is 0 Å². The number of fused-ring (bicyclic) bond motifs is 1. The van der Waals surface area contributed by atoms with E-state index < -0.39 is 35.6 Å². The number of amides is 5. The van der Waals surface area contributed by atoms with Gasteiger partial charge in [0.15, 0.2) is 0 Å². The Kier molecular flexibility index (Phi) is 6.96. The van der Waals surface area contributed by atoms with Crippen LogP contribution in [-0.4, -0.2) is 58.1 Å². The Labute approximate surface area is 180 Å². The molecule has 0 aromatic heterocycles. The number of hydrogen-bond acceptors (Lipinski definition) is 6. The molecular formula is C19H20IN3O6. The summed E-state index contributed by atoms with van der Waals surface area (Å²) >= 11 is 2.27. The maximum Gasteiger partial charge on any atom is 0.264 e. The molecule has 1 unspecified atom stereocenters. The fourth-order valence-electron chi connectivity index (χ4n) is 3.27. The molecule has 1 saturated heterocycles. The molecule has 0 radical (unpaired) electrons. The molecule has 0 bridgehead atoms. The number of carbonyl (C=O) groups excluding carboxylic acids is 5. The third kappa shape index (κ3) is 4.64. The second-order valence-electron chi connectivity index (χ2n) is 6.67. The number of halogens is 1. The molecule has 1 aromatic rings. The molecule has 2 aliphatic heterocycles. The van der Waals surface area contributed by atoms with E-state index in [-0.39, 0.29) is 36.3 Å². The summed E-state index contributed by atoms with van der Waals surface area (Å²) in [7, 11) is 0. The third-order valence-corrected chi connectivity index (χ3v) is 5.41. The molecule has 0 aliphatic carbocycles. The minimum absolute atomic E-state index is 0.0421. The summed E-state index contributed by atoms with van der Waals surface area (Å²) in [5.41, 5.74) is 0.345. The normalized spacial score (nSPS) is 18.7. The smallest absolute Gasteiger partial charge is 0.264 e. The second-order valence-corrected chi connectivity index (χ2v) is 7.75. The molecule has 2 heterocycles. The van der Waals surface area contributed by atoms with Gasteiger partial charge in [0.1, 0.15) is 12.6 Å². The van der Waals surface area contributed by atoms with E-state index in [1.54, 1.807) is 6.07 Å². The van der Waals surface area contributed by atoms with Crippen LogP contribution >= 0.6 is 22.6 Å². The van der Waals surface area contributed by atoms with Crippen molar-refractivity contribution in [2.75, 3.05) is 23.0 Å². The number of anilines is 1. The molecule has 2 aliphatic rings. The zero-order chi connectivity index (χ0) is 21.0. The van der Waals surface area contributed by atoms with E-state index >= 15 is 0 Å². The van der Waals surface area contributed by atoms with E-state index in [0.29, 0.717) is 6.61 Å². The molecule has 0 saturated carbocycles. The molecular weight excluding hydrogens is 493 g/mol. The number of unbranched alkanes of at least 4 members (excludes halogenated alkanes) is 1. The highest BCUT2D eigenvalue weighted by Crippen LogP contribution is 2.32. The van der Waals surface area contributed by atoms with Crippen molar-refractivity contribution < 1.29 is 28.7 Å². The molecule has 9 nitrogen and oxygen atoms in total. The average Bonchev–Trinajstić information content (AvgIpc) is 2.93. The molecule has 154 valence electrons.